The molecule has 0 bridgehead atoms. The Morgan fingerprint density at radius 2 is 1.79 bits per heavy atom. The van der Waals surface area contributed by atoms with E-state index in [9.17, 15) is 18.0 Å². The predicted molar refractivity (Wildman–Crippen MR) is 134 cm³/mol. The molecule has 1 N–H and O–H groups in total. The smallest absolute Gasteiger partial charge is 0.338 e. The molecule has 170 valence electrons. The van der Waals surface area contributed by atoms with Gasteiger partial charge in [0.1, 0.15) is 0 Å². The van der Waals surface area contributed by atoms with Gasteiger partial charge in [0.2, 0.25) is 0 Å². The van der Waals surface area contributed by atoms with Crippen molar-refractivity contribution in [2.45, 2.75) is 24.3 Å². The van der Waals surface area contributed by atoms with Gasteiger partial charge in [0.15, 0.2) is 6.61 Å². The highest BCUT2D eigenvalue weighted by molar-refractivity contribution is 14.1. The maximum Gasteiger partial charge on any atom is 0.338 e. The molecule has 1 aliphatic rings. The first-order valence-corrected chi connectivity index (χ1v) is 12.7. The van der Waals surface area contributed by atoms with Crippen molar-refractivity contribution in [2.75, 3.05) is 16.2 Å². The van der Waals surface area contributed by atoms with Crippen LogP contribution in [0.1, 0.15) is 22.8 Å². The predicted octanol–water partition coefficient (Wildman–Crippen LogP) is 4.23. The number of amides is 1. The third-order valence-corrected chi connectivity index (χ3v) is 7.88. The molecule has 0 unspecified atom stereocenters. The number of nitrogens with zero attached hydrogens (tertiary/aromatic N) is 1. The van der Waals surface area contributed by atoms with Gasteiger partial charge in [-0.25, -0.2) is 13.2 Å². The maximum atomic E-state index is 13.4. The van der Waals surface area contributed by atoms with E-state index >= 15 is 0 Å². The van der Waals surface area contributed by atoms with E-state index in [1.807, 2.05) is 31.2 Å². The summed E-state index contributed by atoms with van der Waals surface area (Å²) in [5.74, 6) is -1.27. The normalized spacial score (nSPS) is 15.1. The van der Waals surface area contributed by atoms with E-state index in [0.717, 1.165) is 9.13 Å². The second kappa shape index (κ2) is 9.52. The van der Waals surface area contributed by atoms with Crippen molar-refractivity contribution in [3.05, 3.63) is 87.5 Å². The lowest BCUT2D eigenvalue weighted by Crippen LogP contribution is -2.35. The molecule has 7 nitrogen and oxygen atoms in total. The van der Waals surface area contributed by atoms with Gasteiger partial charge >= 0.3 is 5.97 Å². The van der Waals surface area contributed by atoms with E-state index in [2.05, 4.69) is 27.9 Å². The number of esters is 1. The molecule has 1 heterocycles. The molecule has 4 rings (SSSR count). The SMILES string of the molecule is C[C@@H]1Cc2ccccc2N1S(=O)(=O)c1cccc(C(=O)OCC(=O)Nc2ccc(I)cc2)c1. The molecule has 1 amide bonds. The van der Waals surface area contributed by atoms with Gasteiger partial charge < -0.3 is 10.1 Å². The van der Waals surface area contributed by atoms with Gasteiger partial charge in [-0.05, 0) is 90.0 Å². The van der Waals surface area contributed by atoms with Crippen LogP contribution < -0.4 is 9.62 Å². The van der Waals surface area contributed by atoms with Crippen molar-refractivity contribution >= 4 is 55.9 Å². The van der Waals surface area contributed by atoms with E-state index in [1.165, 1.54) is 28.6 Å². The number of para-hydroxylation sites is 1. The van der Waals surface area contributed by atoms with Crippen LogP contribution in [0.4, 0.5) is 11.4 Å². The van der Waals surface area contributed by atoms with E-state index in [4.69, 9.17) is 4.74 Å². The largest absolute Gasteiger partial charge is 0.452 e. The van der Waals surface area contributed by atoms with Crippen LogP contribution in [0.3, 0.4) is 0 Å². The molecule has 3 aromatic rings. The highest BCUT2D eigenvalue weighted by Crippen LogP contribution is 2.36. The van der Waals surface area contributed by atoms with Crippen molar-refractivity contribution in [3.63, 3.8) is 0 Å². The van der Waals surface area contributed by atoms with E-state index < -0.39 is 28.5 Å². The van der Waals surface area contributed by atoms with E-state index in [-0.39, 0.29) is 16.5 Å². The van der Waals surface area contributed by atoms with Crippen LogP contribution in [0.2, 0.25) is 0 Å². The number of carbonyl (C=O) groups excluding carboxylic acids is 2. The molecule has 3 aromatic carbocycles. The molecule has 1 atom stereocenters. The average Bonchev–Trinajstić information content (AvgIpc) is 3.15. The fraction of sp³-hybridized carbons (Fsp3) is 0.167. The quantitative estimate of drug-likeness (QED) is 0.351. The number of nitrogens with one attached hydrogen (secondary N) is 1. The monoisotopic (exact) mass is 576 g/mol. The third kappa shape index (κ3) is 5.03. The molecule has 33 heavy (non-hydrogen) atoms. The van der Waals surface area contributed by atoms with Gasteiger partial charge in [-0.1, -0.05) is 24.3 Å². The minimum Gasteiger partial charge on any atom is -0.452 e. The number of benzene rings is 3. The molecule has 0 saturated carbocycles. The summed E-state index contributed by atoms with van der Waals surface area (Å²) in [5, 5.41) is 2.64. The van der Waals surface area contributed by atoms with Crippen molar-refractivity contribution in [3.8, 4) is 0 Å². The number of carbonyl (C=O) groups is 2. The standard InChI is InChI=1S/C24H21IN2O5S/c1-16-13-17-5-2-3-8-22(17)27(16)33(30,31)21-7-4-6-18(14-21)24(29)32-15-23(28)26-20-11-9-19(25)10-12-20/h2-12,14,16H,13,15H2,1H3,(H,26,28)/t16-/m1/s1. The second-order valence-electron chi connectivity index (χ2n) is 7.64. The fourth-order valence-corrected chi connectivity index (χ4v) is 5.84. The first-order chi connectivity index (χ1) is 15.8. The van der Waals surface area contributed by atoms with Gasteiger partial charge in [-0.2, -0.15) is 0 Å². The minimum absolute atomic E-state index is 0.0103. The Morgan fingerprint density at radius 1 is 1.06 bits per heavy atom. The number of fused-ring (bicyclic) bond motifs is 1. The molecule has 0 radical (unpaired) electrons. The van der Waals surface area contributed by atoms with Crippen LogP contribution in [0.25, 0.3) is 0 Å². The van der Waals surface area contributed by atoms with Crippen LogP contribution in [0.15, 0.2) is 77.7 Å². The zero-order valence-electron chi connectivity index (χ0n) is 17.7. The number of halogens is 1. The molecular formula is C24H21IN2O5S. The topological polar surface area (TPSA) is 92.8 Å². The van der Waals surface area contributed by atoms with Gasteiger partial charge in [0, 0.05) is 15.3 Å². The summed E-state index contributed by atoms with van der Waals surface area (Å²) < 4.78 is 34.3. The summed E-state index contributed by atoms with van der Waals surface area (Å²) in [6.07, 6.45) is 0.618. The Morgan fingerprint density at radius 3 is 2.55 bits per heavy atom. The van der Waals surface area contributed by atoms with Crippen molar-refractivity contribution < 1.29 is 22.7 Å². The van der Waals surface area contributed by atoms with Gasteiger partial charge in [-0.3, -0.25) is 9.10 Å². The number of hydrogen-bond acceptors (Lipinski definition) is 5. The summed E-state index contributed by atoms with van der Waals surface area (Å²) >= 11 is 2.16. The van der Waals surface area contributed by atoms with Crippen LogP contribution in [-0.2, 0) is 26.0 Å². The highest BCUT2D eigenvalue weighted by Gasteiger charge is 2.36. The molecule has 0 fully saturated rings. The fourth-order valence-electron chi connectivity index (χ4n) is 3.75. The van der Waals surface area contributed by atoms with Crippen LogP contribution in [-0.4, -0.2) is 32.9 Å². The lowest BCUT2D eigenvalue weighted by atomic mass is 10.1. The second-order valence-corrected chi connectivity index (χ2v) is 10.7. The van der Waals surface area contributed by atoms with Crippen molar-refractivity contribution in [1.82, 2.24) is 0 Å². The van der Waals surface area contributed by atoms with Crippen LogP contribution in [0, 0.1) is 3.57 Å². The summed E-state index contributed by atoms with van der Waals surface area (Å²) in [6, 6.07) is 20.0. The zero-order chi connectivity index (χ0) is 23.6. The van der Waals surface area contributed by atoms with E-state index in [1.54, 1.807) is 24.3 Å². The summed E-state index contributed by atoms with van der Waals surface area (Å²) in [4.78, 5) is 24.6. The minimum atomic E-state index is -3.89. The summed E-state index contributed by atoms with van der Waals surface area (Å²) in [6.45, 7) is 1.36. The molecule has 0 spiro atoms. The number of sulfonamides is 1. The van der Waals surface area contributed by atoms with Gasteiger partial charge in [0.25, 0.3) is 15.9 Å². The Labute approximate surface area is 205 Å². The molecule has 0 aromatic heterocycles. The van der Waals surface area contributed by atoms with Crippen molar-refractivity contribution in [2.24, 2.45) is 0 Å². The Kier molecular flexibility index (Phi) is 6.71. The molecule has 9 heteroatoms. The third-order valence-electron chi connectivity index (χ3n) is 5.23. The zero-order valence-corrected chi connectivity index (χ0v) is 20.7. The molecule has 0 aliphatic carbocycles. The van der Waals surface area contributed by atoms with Crippen LogP contribution in [0.5, 0.6) is 0 Å². The molecule has 0 saturated heterocycles. The number of anilines is 2. The Bertz CT molecular complexity index is 1310. The van der Waals surface area contributed by atoms with Crippen LogP contribution >= 0.6 is 22.6 Å². The van der Waals surface area contributed by atoms with E-state index in [0.29, 0.717) is 17.8 Å². The number of rotatable bonds is 6. The van der Waals surface area contributed by atoms with Crippen molar-refractivity contribution in [1.29, 1.82) is 0 Å². The molecule has 1 aliphatic heterocycles. The summed E-state index contributed by atoms with van der Waals surface area (Å²) in [7, 11) is -3.89. The maximum absolute atomic E-state index is 13.4. The number of hydrogen-bond donors (Lipinski definition) is 1. The van der Waals surface area contributed by atoms with Gasteiger partial charge in [0.05, 0.1) is 16.1 Å². The lowest BCUT2D eigenvalue weighted by molar-refractivity contribution is -0.119. The average molecular weight is 576 g/mol. The highest BCUT2D eigenvalue weighted by atomic mass is 127. The first kappa shape index (κ1) is 23.2. The lowest BCUT2D eigenvalue weighted by Gasteiger charge is -2.24. The first-order valence-electron chi connectivity index (χ1n) is 10.2. The Hall–Kier alpha value is -2.92. The molecular weight excluding hydrogens is 555 g/mol. The van der Waals surface area contributed by atoms with Gasteiger partial charge in [-0.15, -0.1) is 0 Å². The summed E-state index contributed by atoms with van der Waals surface area (Å²) in [5.41, 5.74) is 2.25. The Balaban J connectivity index is 1.46. The number of ether oxygens (including phenoxy) is 1.